The van der Waals surface area contributed by atoms with E-state index in [4.69, 9.17) is 0 Å². The fraction of sp³-hybridized carbons (Fsp3) is 0.0526. The molecule has 0 fully saturated rings. The molecule has 2 nitrogen and oxygen atoms in total. The Bertz CT molecular complexity index is 3170. The molecule has 2 heteroatoms. The van der Waals surface area contributed by atoms with Crippen molar-refractivity contribution in [1.82, 2.24) is 4.57 Å². The third kappa shape index (κ3) is 6.13. The standard InChI is InChI=1S/C57H42N2/c1-39-23-35-52(55-54-36-31-45-16-10-11-22-53(45)57(54)59(56(39)55)48-19-6-3-7-20-48)47-18-12-21-50(38-47)58(51-34-30-41-15-8-9-17-46(41)37-51)49-32-28-44(29-33-49)43-26-24-42(25-27-43)40-13-4-2-5-14-40/h2-22,24-39H,23H2,1H3. The average molecular weight is 755 g/mol. The summed E-state index contributed by atoms with van der Waals surface area (Å²) >= 11 is 0. The van der Waals surface area contributed by atoms with Gasteiger partial charge < -0.3 is 9.47 Å². The molecule has 9 aromatic carbocycles. The van der Waals surface area contributed by atoms with Gasteiger partial charge in [0.15, 0.2) is 0 Å². The molecule has 11 rings (SSSR count). The van der Waals surface area contributed by atoms with Crippen LogP contribution in [-0.4, -0.2) is 4.57 Å². The summed E-state index contributed by atoms with van der Waals surface area (Å²) in [5, 5.41) is 6.28. The normalized spacial score (nSPS) is 13.7. The van der Waals surface area contributed by atoms with Crippen LogP contribution in [0.15, 0.2) is 218 Å². The Morgan fingerprint density at radius 3 is 1.73 bits per heavy atom. The van der Waals surface area contributed by atoms with Gasteiger partial charge in [0.2, 0.25) is 0 Å². The molecule has 0 bridgehead atoms. The number of anilines is 3. The highest BCUT2D eigenvalue weighted by molar-refractivity contribution is 6.12. The van der Waals surface area contributed by atoms with Gasteiger partial charge in [-0.3, -0.25) is 0 Å². The van der Waals surface area contributed by atoms with E-state index in [-0.39, 0.29) is 0 Å². The van der Waals surface area contributed by atoms with Crippen molar-refractivity contribution in [2.24, 2.45) is 0 Å². The largest absolute Gasteiger partial charge is 0.312 e. The molecule has 59 heavy (non-hydrogen) atoms. The second kappa shape index (κ2) is 14.5. The Labute approximate surface area is 345 Å². The van der Waals surface area contributed by atoms with Gasteiger partial charge in [0.05, 0.1) is 5.52 Å². The number of allylic oxidation sites excluding steroid dienone is 1. The van der Waals surface area contributed by atoms with Crippen LogP contribution in [0.1, 0.15) is 36.1 Å². The lowest BCUT2D eigenvalue weighted by Crippen LogP contribution is -2.11. The molecule has 0 amide bonds. The van der Waals surface area contributed by atoms with Crippen molar-refractivity contribution in [3.63, 3.8) is 0 Å². The molecule has 0 N–H and O–H groups in total. The van der Waals surface area contributed by atoms with Crippen molar-refractivity contribution in [1.29, 1.82) is 0 Å². The van der Waals surface area contributed by atoms with E-state index >= 15 is 0 Å². The maximum Gasteiger partial charge on any atom is 0.0616 e. The van der Waals surface area contributed by atoms with Gasteiger partial charge in [-0.15, -0.1) is 0 Å². The Kier molecular flexibility index (Phi) is 8.56. The van der Waals surface area contributed by atoms with Gasteiger partial charge in [0.1, 0.15) is 0 Å². The van der Waals surface area contributed by atoms with Crippen LogP contribution >= 0.6 is 0 Å². The predicted octanol–water partition coefficient (Wildman–Crippen LogP) is 15.7. The summed E-state index contributed by atoms with van der Waals surface area (Å²) in [6.45, 7) is 2.38. The van der Waals surface area contributed by atoms with E-state index < -0.39 is 0 Å². The van der Waals surface area contributed by atoms with Crippen LogP contribution in [-0.2, 0) is 0 Å². The van der Waals surface area contributed by atoms with E-state index in [0.717, 1.165) is 23.5 Å². The van der Waals surface area contributed by atoms with Crippen LogP contribution in [0.2, 0.25) is 0 Å². The zero-order valence-electron chi connectivity index (χ0n) is 33.0. The number of rotatable bonds is 7. The van der Waals surface area contributed by atoms with Crippen molar-refractivity contribution >= 4 is 55.1 Å². The minimum atomic E-state index is 0.352. The first-order valence-corrected chi connectivity index (χ1v) is 20.7. The Morgan fingerprint density at radius 2 is 0.983 bits per heavy atom. The molecule has 1 aliphatic rings. The molecule has 0 spiro atoms. The molecule has 1 aliphatic carbocycles. The molecular weight excluding hydrogens is 713 g/mol. The van der Waals surface area contributed by atoms with Crippen LogP contribution in [0.3, 0.4) is 0 Å². The zero-order chi connectivity index (χ0) is 39.3. The van der Waals surface area contributed by atoms with Gasteiger partial charge in [-0.05, 0) is 105 Å². The summed E-state index contributed by atoms with van der Waals surface area (Å²) in [6, 6.07) is 77.5. The highest BCUT2D eigenvalue weighted by Gasteiger charge is 2.29. The van der Waals surface area contributed by atoms with Gasteiger partial charge in [0, 0.05) is 50.7 Å². The molecule has 280 valence electrons. The molecule has 1 unspecified atom stereocenters. The Hall–Kier alpha value is -7.42. The third-order valence-corrected chi connectivity index (χ3v) is 12.2. The lowest BCUT2D eigenvalue weighted by molar-refractivity contribution is 0.721. The Balaban J connectivity index is 1.04. The Morgan fingerprint density at radius 1 is 0.424 bits per heavy atom. The number of fused-ring (bicyclic) bond motifs is 6. The van der Waals surface area contributed by atoms with Crippen LogP contribution < -0.4 is 4.90 Å². The lowest BCUT2D eigenvalue weighted by Gasteiger charge is -2.28. The molecule has 0 saturated carbocycles. The molecule has 1 atom stereocenters. The number of nitrogens with zero attached hydrogens (tertiary/aromatic N) is 2. The lowest BCUT2D eigenvalue weighted by atomic mass is 9.84. The summed E-state index contributed by atoms with van der Waals surface area (Å²) < 4.78 is 2.55. The number of aromatic nitrogens is 1. The first kappa shape index (κ1) is 34.8. The highest BCUT2D eigenvalue weighted by Crippen LogP contribution is 2.48. The third-order valence-electron chi connectivity index (χ3n) is 12.2. The zero-order valence-corrected chi connectivity index (χ0v) is 33.0. The van der Waals surface area contributed by atoms with Crippen molar-refractivity contribution in [3.05, 3.63) is 235 Å². The SMILES string of the molecule is CC1CC=C(c2cccc(N(c3ccc(-c4ccc(-c5ccccc5)cc4)cc3)c3ccc4ccccc4c3)c2)c2c1n(-c1ccccc1)c1c2ccc2ccccc21. The molecule has 10 aromatic rings. The molecular formula is C57H42N2. The molecule has 0 saturated heterocycles. The van der Waals surface area contributed by atoms with Crippen molar-refractivity contribution in [2.75, 3.05) is 4.90 Å². The summed E-state index contributed by atoms with van der Waals surface area (Å²) in [6.07, 6.45) is 3.45. The van der Waals surface area contributed by atoms with Gasteiger partial charge >= 0.3 is 0 Å². The number of para-hydroxylation sites is 1. The predicted molar refractivity (Wildman–Crippen MR) is 250 cm³/mol. The second-order valence-electron chi connectivity index (χ2n) is 15.8. The second-order valence-corrected chi connectivity index (χ2v) is 15.8. The topological polar surface area (TPSA) is 8.17 Å². The smallest absolute Gasteiger partial charge is 0.0616 e. The minimum absolute atomic E-state index is 0.352. The van der Waals surface area contributed by atoms with E-state index in [1.807, 2.05) is 0 Å². The van der Waals surface area contributed by atoms with Crippen LogP contribution in [0, 0.1) is 0 Å². The minimum Gasteiger partial charge on any atom is -0.312 e. The van der Waals surface area contributed by atoms with Gasteiger partial charge in [0.25, 0.3) is 0 Å². The van der Waals surface area contributed by atoms with E-state index in [1.54, 1.807) is 0 Å². The fourth-order valence-corrected chi connectivity index (χ4v) is 9.30. The van der Waals surface area contributed by atoms with Gasteiger partial charge in [-0.2, -0.15) is 0 Å². The maximum absolute atomic E-state index is 2.55. The van der Waals surface area contributed by atoms with Crippen molar-refractivity contribution in [3.8, 4) is 27.9 Å². The van der Waals surface area contributed by atoms with Crippen molar-refractivity contribution < 1.29 is 0 Å². The highest BCUT2D eigenvalue weighted by atomic mass is 15.1. The number of hydrogen-bond donors (Lipinski definition) is 0. The molecule has 0 radical (unpaired) electrons. The van der Waals surface area contributed by atoms with Crippen LogP contribution in [0.4, 0.5) is 17.1 Å². The van der Waals surface area contributed by atoms with E-state index in [1.165, 1.54) is 82.8 Å². The first-order chi connectivity index (χ1) is 29.2. The molecule has 1 aromatic heterocycles. The molecule has 0 aliphatic heterocycles. The van der Waals surface area contributed by atoms with E-state index in [2.05, 4.69) is 235 Å². The number of hydrogen-bond acceptors (Lipinski definition) is 1. The monoisotopic (exact) mass is 754 g/mol. The van der Waals surface area contributed by atoms with Gasteiger partial charge in [-0.25, -0.2) is 0 Å². The fourth-order valence-electron chi connectivity index (χ4n) is 9.30. The first-order valence-electron chi connectivity index (χ1n) is 20.7. The quantitative estimate of drug-likeness (QED) is 0.157. The van der Waals surface area contributed by atoms with E-state index in [9.17, 15) is 0 Å². The van der Waals surface area contributed by atoms with Crippen molar-refractivity contribution in [2.45, 2.75) is 19.3 Å². The maximum atomic E-state index is 2.55. The summed E-state index contributed by atoms with van der Waals surface area (Å²) in [7, 11) is 0. The number of benzene rings is 9. The molecule has 1 heterocycles. The van der Waals surface area contributed by atoms with Crippen LogP contribution in [0.25, 0.3) is 66.0 Å². The van der Waals surface area contributed by atoms with Gasteiger partial charge in [-0.1, -0.05) is 177 Å². The van der Waals surface area contributed by atoms with Crippen LogP contribution in [0.5, 0.6) is 0 Å². The summed E-state index contributed by atoms with van der Waals surface area (Å²) in [4.78, 5) is 2.41. The van der Waals surface area contributed by atoms with E-state index in [0.29, 0.717) is 5.92 Å². The average Bonchev–Trinajstić information content (AvgIpc) is 3.67. The summed E-state index contributed by atoms with van der Waals surface area (Å²) in [5.41, 5.74) is 15.9. The summed E-state index contributed by atoms with van der Waals surface area (Å²) in [5.74, 6) is 0.352.